The number of non-ortho nitro benzene ring substituents is 1. The first-order valence-electron chi connectivity index (χ1n) is 9.59. The highest BCUT2D eigenvalue weighted by Crippen LogP contribution is 2.28. The third kappa shape index (κ3) is 3.67. The van der Waals surface area contributed by atoms with Gasteiger partial charge in [0.1, 0.15) is 5.69 Å². The van der Waals surface area contributed by atoms with Crippen LogP contribution in [0.25, 0.3) is 33.8 Å². The fourth-order valence-corrected chi connectivity index (χ4v) is 3.68. The topological polar surface area (TPSA) is 89.6 Å². The van der Waals surface area contributed by atoms with E-state index in [0.29, 0.717) is 17.3 Å². The van der Waals surface area contributed by atoms with E-state index in [1.807, 2.05) is 54.6 Å². The number of nitro groups is 1. The van der Waals surface area contributed by atoms with Gasteiger partial charge in [0.05, 0.1) is 21.7 Å². The van der Waals surface area contributed by atoms with Gasteiger partial charge in [0.15, 0.2) is 5.82 Å². The van der Waals surface area contributed by atoms with Gasteiger partial charge in [0.2, 0.25) is 0 Å². The molecule has 2 aromatic heterocycles. The Morgan fingerprint density at radius 1 is 1.00 bits per heavy atom. The third-order valence-electron chi connectivity index (χ3n) is 5.10. The summed E-state index contributed by atoms with van der Waals surface area (Å²) in [4.78, 5) is 15.3. The molecule has 0 saturated carbocycles. The predicted octanol–water partition coefficient (Wildman–Crippen LogP) is 5.70. The van der Waals surface area contributed by atoms with Crippen LogP contribution in [0, 0.1) is 10.1 Å². The van der Waals surface area contributed by atoms with Gasteiger partial charge in [0, 0.05) is 29.3 Å². The maximum atomic E-state index is 10.9. The van der Waals surface area contributed by atoms with Gasteiger partial charge in [-0.25, -0.2) is 4.98 Å². The largest absolute Gasteiger partial charge is 0.318 e. The molecular formula is C23H16ClN5O2. The van der Waals surface area contributed by atoms with Crippen LogP contribution in [0.2, 0.25) is 5.02 Å². The van der Waals surface area contributed by atoms with Crippen molar-refractivity contribution in [2.45, 2.75) is 6.54 Å². The number of benzene rings is 3. The zero-order valence-corrected chi connectivity index (χ0v) is 17.0. The maximum absolute atomic E-state index is 10.9. The standard InChI is InChI=1S/C23H16ClN5O2/c24-17-9-5-15(6-10-17)14-28-22-4-2-1-3-19(22)25-23(28)21-13-20(26-27-21)16-7-11-18(12-8-16)29(30)31/h1-13H,14H2,(H,26,27). The van der Waals surface area contributed by atoms with E-state index in [2.05, 4.69) is 14.8 Å². The third-order valence-corrected chi connectivity index (χ3v) is 5.35. The summed E-state index contributed by atoms with van der Waals surface area (Å²) in [6, 6.07) is 23.9. The highest BCUT2D eigenvalue weighted by atomic mass is 35.5. The zero-order valence-electron chi connectivity index (χ0n) is 16.2. The second kappa shape index (κ2) is 7.70. The number of aromatic nitrogens is 4. The number of aromatic amines is 1. The lowest BCUT2D eigenvalue weighted by Gasteiger charge is -2.08. The summed E-state index contributed by atoms with van der Waals surface area (Å²) in [6.07, 6.45) is 0. The van der Waals surface area contributed by atoms with Crippen molar-refractivity contribution in [2.75, 3.05) is 0 Å². The molecule has 0 saturated heterocycles. The fourth-order valence-electron chi connectivity index (χ4n) is 3.55. The summed E-state index contributed by atoms with van der Waals surface area (Å²) < 4.78 is 2.13. The zero-order chi connectivity index (χ0) is 21.4. The molecule has 31 heavy (non-hydrogen) atoms. The maximum Gasteiger partial charge on any atom is 0.269 e. The Hall–Kier alpha value is -3.97. The number of nitrogens with one attached hydrogen (secondary N) is 1. The van der Waals surface area contributed by atoms with E-state index >= 15 is 0 Å². The van der Waals surface area contributed by atoms with Gasteiger partial charge in [-0.15, -0.1) is 0 Å². The monoisotopic (exact) mass is 429 g/mol. The summed E-state index contributed by atoms with van der Waals surface area (Å²) in [5.74, 6) is 0.761. The van der Waals surface area contributed by atoms with Crippen LogP contribution in [0.15, 0.2) is 78.9 Å². The number of halogens is 1. The van der Waals surface area contributed by atoms with E-state index in [1.165, 1.54) is 12.1 Å². The molecule has 152 valence electrons. The normalized spacial score (nSPS) is 11.1. The Labute approximate surface area is 182 Å². The second-order valence-corrected chi connectivity index (χ2v) is 7.54. The average molecular weight is 430 g/mol. The molecule has 0 aliphatic carbocycles. The molecule has 0 unspecified atom stereocenters. The van der Waals surface area contributed by atoms with Gasteiger partial charge in [-0.2, -0.15) is 5.10 Å². The molecule has 0 atom stereocenters. The van der Waals surface area contributed by atoms with Gasteiger partial charge in [-0.1, -0.05) is 35.9 Å². The van der Waals surface area contributed by atoms with Crippen molar-refractivity contribution >= 4 is 28.3 Å². The van der Waals surface area contributed by atoms with Crippen molar-refractivity contribution in [1.82, 2.24) is 19.7 Å². The molecule has 0 aliphatic rings. The molecule has 8 heteroatoms. The summed E-state index contributed by atoms with van der Waals surface area (Å²) in [7, 11) is 0. The van der Waals surface area contributed by atoms with Crippen LogP contribution in [-0.4, -0.2) is 24.7 Å². The first-order chi connectivity index (χ1) is 15.1. The van der Waals surface area contributed by atoms with Crippen LogP contribution < -0.4 is 0 Å². The van der Waals surface area contributed by atoms with Crippen LogP contribution in [0.5, 0.6) is 0 Å². The minimum absolute atomic E-state index is 0.0456. The Morgan fingerprint density at radius 2 is 1.74 bits per heavy atom. The van der Waals surface area contributed by atoms with Crippen LogP contribution in [-0.2, 0) is 6.54 Å². The summed E-state index contributed by atoms with van der Waals surface area (Å²) >= 11 is 6.03. The smallest absolute Gasteiger partial charge is 0.269 e. The Bertz CT molecular complexity index is 1390. The molecule has 5 rings (SSSR count). The number of imidazole rings is 1. The Morgan fingerprint density at radius 3 is 2.48 bits per heavy atom. The van der Waals surface area contributed by atoms with E-state index in [1.54, 1.807) is 12.1 Å². The first-order valence-corrected chi connectivity index (χ1v) is 9.96. The van der Waals surface area contributed by atoms with Crippen molar-refractivity contribution in [1.29, 1.82) is 0 Å². The molecule has 5 aromatic rings. The van der Waals surface area contributed by atoms with Gasteiger partial charge in [0.25, 0.3) is 5.69 Å². The van der Waals surface area contributed by atoms with Crippen molar-refractivity contribution in [3.05, 3.63) is 99.6 Å². The average Bonchev–Trinajstić information content (AvgIpc) is 3.41. The summed E-state index contributed by atoms with van der Waals surface area (Å²) in [6.45, 7) is 0.624. The molecule has 0 amide bonds. The fraction of sp³-hybridized carbons (Fsp3) is 0.0435. The molecule has 0 fully saturated rings. The highest BCUT2D eigenvalue weighted by molar-refractivity contribution is 6.30. The van der Waals surface area contributed by atoms with Gasteiger partial charge in [-0.3, -0.25) is 15.2 Å². The Balaban J connectivity index is 1.56. The van der Waals surface area contributed by atoms with Crippen LogP contribution in [0.1, 0.15) is 5.56 Å². The molecule has 0 bridgehead atoms. The van der Waals surface area contributed by atoms with Crippen LogP contribution in [0.4, 0.5) is 5.69 Å². The first kappa shape index (κ1) is 19.0. The van der Waals surface area contributed by atoms with Crippen LogP contribution >= 0.6 is 11.6 Å². The highest BCUT2D eigenvalue weighted by Gasteiger charge is 2.16. The SMILES string of the molecule is O=[N+]([O-])c1ccc(-c2cc(-c3nc4ccccc4n3Cc3ccc(Cl)cc3)[nH]n2)cc1. The van der Waals surface area contributed by atoms with Gasteiger partial charge in [-0.05, 0) is 48.0 Å². The molecule has 0 spiro atoms. The summed E-state index contributed by atoms with van der Waals surface area (Å²) in [5.41, 5.74) is 5.28. The molecule has 3 aromatic carbocycles. The molecule has 7 nitrogen and oxygen atoms in total. The number of H-pyrrole nitrogens is 1. The van der Waals surface area contributed by atoms with Crippen LogP contribution in [0.3, 0.4) is 0 Å². The van der Waals surface area contributed by atoms with E-state index < -0.39 is 4.92 Å². The van der Waals surface area contributed by atoms with Crippen molar-refractivity contribution in [2.24, 2.45) is 0 Å². The number of fused-ring (bicyclic) bond motifs is 1. The second-order valence-electron chi connectivity index (χ2n) is 7.11. The van der Waals surface area contributed by atoms with E-state index in [4.69, 9.17) is 16.6 Å². The number of nitrogens with zero attached hydrogens (tertiary/aromatic N) is 4. The number of rotatable bonds is 5. The Kier molecular flexibility index (Phi) is 4.72. The minimum Gasteiger partial charge on any atom is -0.318 e. The van der Waals surface area contributed by atoms with Crippen molar-refractivity contribution in [3.8, 4) is 22.8 Å². The predicted molar refractivity (Wildman–Crippen MR) is 120 cm³/mol. The summed E-state index contributed by atoms with van der Waals surface area (Å²) in [5, 5.41) is 19.1. The number of nitro benzene ring substituents is 1. The van der Waals surface area contributed by atoms with Gasteiger partial charge >= 0.3 is 0 Å². The molecule has 0 radical (unpaired) electrons. The van der Waals surface area contributed by atoms with Crippen molar-refractivity contribution in [3.63, 3.8) is 0 Å². The van der Waals surface area contributed by atoms with E-state index in [0.717, 1.165) is 33.7 Å². The van der Waals surface area contributed by atoms with Crippen molar-refractivity contribution < 1.29 is 4.92 Å². The number of para-hydroxylation sites is 2. The van der Waals surface area contributed by atoms with Gasteiger partial charge < -0.3 is 4.57 Å². The quantitative estimate of drug-likeness (QED) is 0.286. The molecular weight excluding hydrogens is 414 g/mol. The lowest BCUT2D eigenvalue weighted by atomic mass is 10.1. The number of hydrogen-bond donors (Lipinski definition) is 1. The van der Waals surface area contributed by atoms with E-state index in [9.17, 15) is 10.1 Å². The molecule has 1 N–H and O–H groups in total. The lowest BCUT2D eigenvalue weighted by molar-refractivity contribution is -0.384. The number of hydrogen-bond acceptors (Lipinski definition) is 4. The molecule has 2 heterocycles. The lowest BCUT2D eigenvalue weighted by Crippen LogP contribution is -2.02. The molecule has 0 aliphatic heterocycles. The van der Waals surface area contributed by atoms with E-state index in [-0.39, 0.29) is 5.69 Å². The minimum atomic E-state index is -0.418.